The first-order valence-corrected chi connectivity index (χ1v) is 9.21. The molecule has 0 fully saturated rings. The molecule has 3 aromatic heterocycles. The highest BCUT2D eigenvalue weighted by Gasteiger charge is 2.25. The van der Waals surface area contributed by atoms with Crippen molar-refractivity contribution in [1.29, 1.82) is 0 Å². The summed E-state index contributed by atoms with van der Waals surface area (Å²) in [4.78, 5) is 18.9. The summed E-state index contributed by atoms with van der Waals surface area (Å²) in [5.41, 5.74) is 3.79. The van der Waals surface area contributed by atoms with Gasteiger partial charge in [-0.2, -0.15) is 15.2 Å². The van der Waals surface area contributed by atoms with Crippen LogP contribution < -0.4 is 4.80 Å². The van der Waals surface area contributed by atoms with Gasteiger partial charge in [0.15, 0.2) is 4.80 Å². The molecule has 1 amide bonds. The molecule has 0 radical (unpaired) electrons. The second-order valence-electron chi connectivity index (χ2n) is 5.91. The lowest BCUT2D eigenvalue weighted by atomic mass is 10.00. The summed E-state index contributed by atoms with van der Waals surface area (Å²) in [6.45, 7) is 2.78. The van der Waals surface area contributed by atoms with E-state index in [1.54, 1.807) is 18.4 Å². The summed E-state index contributed by atoms with van der Waals surface area (Å²) >= 11 is 7.63. The summed E-state index contributed by atoms with van der Waals surface area (Å²) in [6, 6.07) is 0. The van der Waals surface area contributed by atoms with Gasteiger partial charge in [-0.25, -0.2) is 0 Å². The Labute approximate surface area is 153 Å². The zero-order valence-corrected chi connectivity index (χ0v) is 15.7. The third-order valence-corrected chi connectivity index (χ3v) is 5.91. The second kappa shape index (κ2) is 5.96. The lowest BCUT2D eigenvalue weighted by Crippen LogP contribution is -2.19. The summed E-state index contributed by atoms with van der Waals surface area (Å²) in [6.07, 6.45) is 5.24. The fourth-order valence-electron chi connectivity index (χ4n) is 3.28. The first-order valence-electron chi connectivity index (χ1n) is 8.01. The molecule has 25 heavy (non-hydrogen) atoms. The van der Waals surface area contributed by atoms with Crippen LogP contribution in [-0.4, -0.2) is 30.0 Å². The molecule has 0 aromatic carbocycles. The van der Waals surface area contributed by atoms with Gasteiger partial charge in [-0.15, -0.1) is 11.3 Å². The number of hydrogen-bond donors (Lipinski definition) is 0. The monoisotopic (exact) mass is 376 g/mol. The number of nitrogens with zero attached hydrogens (tertiary/aromatic N) is 6. The van der Waals surface area contributed by atoms with E-state index < -0.39 is 0 Å². The van der Waals surface area contributed by atoms with Crippen molar-refractivity contribution >= 4 is 28.8 Å². The van der Waals surface area contributed by atoms with Crippen LogP contribution in [-0.2, 0) is 33.5 Å². The zero-order valence-electron chi connectivity index (χ0n) is 14.2. The first kappa shape index (κ1) is 16.3. The van der Waals surface area contributed by atoms with Crippen molar-refractivity contribution < 1.29 is 4.79 Å². The maximum absolute atomic E-state index is 12.6. The fraction of sp³-hybridized carbons (Fsp3) is 0.375. The molecule has 0 spiro atoms. The number of rotatable bonds is 2. The van der Waals surface area contributed by atoms with Crippen LogP contribution >= 0.6 is 22.9 Å². The van der Waals surface area contributed by atoms with Crippen LogP contribution in [0.1, 0.15) is 28.0 Å². The minimum atomic E-state index is -0.378. The Morgan fingerprint density at radius 1 is 1.28 bits per heavy atom. The third kappa shape index (κ3) is 2.47. The van der Waals surface area contributed by atoms with Gasteiger partial charge in [-0.3, -0.25) is 14.2 Å². The van der Waals surface area contributed by atoms with Crippen LogP contribution in [0.5, 0.6) is 0 Å². The van der Waals surface area contributed by atoms with E-state index in [1.807, 2.05) is 17.9 Å². The van der Waals surface area contributed by atoms with Crippen LogP contribution in [0.25, 0.3) is 11.3 Å². The molecule has 1 aliphatic carbocycles. The van der Waals surface area contributed by atoms with Gasteiger partial charge >= 0.3 is 0 Å². The molecule has 4 rings (SSSR count). The predicted octanol–water partition coefficient (Wildman–Crippen LogP) is 2.20. The van der Waals surface area contributed by atoms with Gasteiger partial charge in [0.1, 0.15) is 5.69 Å². The van der Waals surface area contributed by atoms with Crippen molar-refractivity contribution in [3.63, 3.8) is 0 Å². The van der Waals surface area contributed by atoms with Gasteiger partial charge in [-0.05, 0) is 19.8 Å². The third-order valence-electron chi connectivity index (χ3n) is 4.50. The molecular weight excluding hydrogens is 360 g/mol. The number of carbonyl (C=O) groups excluding carboxylic acids is 1. The van der Waals surface area contributed by atoms with E-state index in [0.29, 0.717) is 15.5 Å². The molecule has 7 nitrogen and oxygen atoms in total. The maximum Gasteiger partial charge on any atom is 0.299 e. The first-order chi connectivity index (χ1) is 12.0. The number of aryl methyl sites for hydroxylation is 3. The lowest BCUT2D eigenvalue weighted by molar-refractivity contribution is 0.0989. The van der Waals surface area contributed by atoms with Crippen LogP contribution in [0.15, 0.2) is 17.4 Å². The summed E-state index contributed by atoms with van der Waals surface area (Å²) < 4.78 is 5.46. The normalized spacial score (nSPS) is 13.8. The summed E-state index contributed by atoms with van der Waals surface area (Å²) in [5.74, 6) is -0.378. The Hall–Kier alpha value is -2.19. The van der Waals surface area contributed by atoms with Crippen LogP contribution in [0.4, 0.5) is 0 Å². The Morgan fingerprint density at radius 2 is 2.04 bits per heavy atom. The van der Waals surface area contributed by atoms with Crippen LogP contribution in [0, 0.1) is 0 Å². The number of thiazole rings is 1. The van der Waals surface area contributed by atoms with E-state index in [2.05, 4.69) is 26.7 Å². The standard InChI is InChI=1S/C16H17ClN6OS/c1-4-23-13-9-7-18-21(2)11(9)5-6-12(13)25-16(23)20-15(24)14-10(17)8-19-22(14)3/h7-8H,4-6H2,1-3H3. The lowest BCUT2D eigenvalue weighted by Gasteiger charge is -2.15. The highest BCUT2D eigenvalue weighted by Crippen LogP contribution is 2.34. The maximum atomic E-state index is 12.6. The number of amides is 1. The summed E-state index contributed by atoms with van der Waals surface area (Å²) in [5, 5.41) is 8.71. The Balaban J connectivity index is 1.88. The van der Waals surface area contributed by atoms with E-state index in [9.17, 15) is 4.79 Å². The Bertz CT molecular complexity index is 1030. The molecule has 0 N–H and O–H groups in total. The molecule has 0 unspecified atom stereocenters. The fourth-order valence-corrected chi connectivity index (χ4v) is 4.73. The molecule has 0 saturated heterocycles. The number of hydrogen-bond acceptors (Lipinski definition) is 4. The summed E-state index contributed by atoms with van der Waals surface area (Å²) in [7, 11) is 3.65. The van der Waals surface area contributed by atoms with Crippen molar-refractivity contribution in [2.24, 2.45) is 19.1 Å². The van der Waals surface area contributed by atoms with Gasteiger partial charge in [0.2, 0.25) is 0 Å². The molecule has 0 saturated carbocycles. The SMILES string of the molecule is CCn1c2c(sc1=NC(=O)c1c(Cl)cnn1C)CCc1c-2cnn1C. The van der Waals surface area contributed by atoms with Gasteiger partial charge < -0.3 is 4.57 Å². The van der Waals surface area contributed by atoms with E-state index in [1.165, 1.54) is 21.4 Å². The van der Waals surface area contributed by atoms with Crippen molar-refractivity contribution in [1.82, 2.24) is 24.1 Å². The molecule has 3 aromatic rings. The number of carbonyl (C=O) groups is 1. The molecule has 130 valence electrons. The van der Waals surface area contributed by atoms with Crippen LogP contribution in [0.2, 0.25) is 5.02 Å². The second-order valence-corrected chi connectivity index (χ2v) is 7.38. The quantitative estimate of drug-likeness (QED) is 0.688. The molecule has 0 aliphatic heterocycles. The van der Waals surface area contributed by atoms with E-state index in [4.69, 9.17) is 11.6 Å². The van der Waals surface area contributed by atoms with E-state index in [-0.39, 0.29) is 5.91 Å². The largest absolute Gasteiger partial charge is 0.316 e. The van der Waals surface area contributed by atoms with E-state index in [0.717, 1.165) is 30.6 Å². The van der Waals surface area contributed by atoms with Gasteiger partial charge in [0.25, 0.3) is 5.91 Å². The molecule has 0 bridgehead atoms. The highest BCUT2D eigenvalue weighted by molar-refractivity contribution is 7.09. The number of aromatic nitrogens is 5. The Kier molecular flexibility index (Phi) is 3.88. The van der Waals surface area contributed by atoms with Crippen molar-refractivity contribution in [2.75, 3.05) is 0 Å². The molecule has 9 heteroatoms. The predicted molar refractivity (Wildman–Crippen MR) is 95.7 cm³/mol. The average molecular weight is 377 g/mol. The smallest absolute Gasteiger partial charge is 0.299 e. The minimum absolute atomic E-state index is 0.303. The van der Waals surface area contributed by atoms with Crippen LogP contribution in [0.3, 0.4) is 0 Å². The number of halogens is 1. The van der Waals surface area contributed by atoms with Gasteiger partial charge in [-0.1, -0.05) is 11.6 Å². The van der Waals surface area contributed by atoms with E-state index >= 15 is 0 Å². The Morgan fingerprint density at radius 3 is 2.72 bits per heavy atom. The topological polar surface area (TPSA) is 70.0 Å². The molecule has 3 heterocycles. The molecular formula is C16H17ClN6OS. The minimum Gasteiger partial charge on any atom is -0.316 e. The molecule has 1 aliphatic rings. The van der Waals surface area contributed by atoms with Crippen molar-refractivity contribution in [2.45, 2.75) is 26.3 Å². The van der Waals surface area contributed by atoms with Gasteiger partial charge in [0, 0.05) is 36.8 Å². The number of fused-ring (bicyclic) bond motifs is 3. The molecule has 0 atom stereocenters. The van der Waals surface area contributed by atoms with Crippen molar-refractivity contribution in [3.05, 3.63) is 38.5 Å². The highest BCUT2D eigenvalue weighted by atomic mass is 35.5. The van der Waals surface area contributed by atoms with Crippen molar-refractivity contribution in [3.8, 4) is 11.3 Å². The zero-order chi connectivity index (χ0) is 17.7. The van der Waals surface area contributed by atoms with Gasteiger partial charge in [0.05, 0.1) is 23.1 Å². The average Bonchev–Trinajstić information content (AvgIpc) is 3.22.